The predicted octanol–water partition coefficient (Wildman–Crippen LogP) is 4.28. The number of nitrogens with one attached hydrogen (secondary N) is 1. The second-order valence-electron chi connectivity index (χ2n) is 9.33. The van der Waals surface area contributed by atoms with Gasteiger partial charge in [-0.05, 0) is 42.7 Å². The van der Waals surface area contributed by atoms with Gasteiger partial charge < -0.3 is 19.9 Å². The Balaban J connectivity index is 1.11. The highest BCUT2D eigenvalue weighted by Gasteiger charge is 2.40. The third-order valence-electron chi connectivity index (χ3n) is 6.78. The molecule has 2 unspecified atom stereocenters. The number of anilines is 2. The summed E-state index contributed by atoms with van der Waals surface area (Å²) in [6, 6.07) is 14.8. The van der Waals surface area contributed by atoms with Gasteiger partial charge in [0, 0.05) is 62.2 Å². The summed E-state index contributed by atoms with van der Waals surface area (Å²) in [5.41, 5.74) is 1.83. The van der Waals surface area contributed by atoms with Gasteiger partial charge in [0.25, 0.3) is 0 Å². The number of halogens is 3. The molecule has 2 saturated heterocycles. The molecule has 2 aliphatic heterocycles. The summed E-state index contributed by atoms with van der Waals surface area (Å²) < 4.78 is 43.3. The van der Waals surface area contributed by atoms with Crippen molar-refractivity contribution in [3.05, 3.63) is 71.5 Å². The minimum absolute atomic E-state index is 0.0322. The molecule has 4 heterocycles. The molecule has 0 saturated carbocycles. The number of piperazine rings is 1. The summed E-state index contributed by atoms with van der Waals surface area (Å²) >= 11 is 0. The van der Waals surface area contributed by atoms with Crippen molar-refractivity contribution in [2.45, 2.75) is 51.2 Å². The zero-order valence-corrected chi connectivity index (χ0v) is 20.3. The first kappa shape index (κ1) is 24.8. The first-order chi connectivity index (χ1) is 17.8. The maximum absolute atomic E-state index is 12.6. The molecule has 11 heteroatoms. The van der Waals surface area contributed by atoms with E-state index in [0.717, 1.165) is 43.8 Å². The minimum atomic E-state index is -4.47. The monoisotopic (exact) mass is 512 g/mol. The number of nitrogens with zero attached hydrogens (tertiary/aromatic N) is 5. The van der Waals surface area contributed by atoms with E-state index in [1.165, 1.54) is 11.8 Å². The van der Waals surface area contributed by atoms with Crippen molar-refractivity contribution in [3.63, 3.8) is 0 Å². The number of hydrogen-bond donors (Lipinski definition) is 1. The number of fused-ring (bicyclic) bond motifs is 2. The predicted molar refractivity (Wildman–Crippen MR) is 131 cm³/mol. The second kappa shape index (κ2) is 10.2. The number of rotatable bonds is 7. The van der Waals surface area contributed by atoms with Gasteiger partial charge in [0.05, 0.1) is 0 Å². The molecule has 3 aromatic rings. The molecule has 0 radical (unpaired) electrons. The van der Waals surface area contributed by atoms with E-state index in [1.807, 2.05) is 4.90 Å². The highest BCUT2D eigenvalue weighted by molar-refractivity contribution is 5.74. The van der Waals surface area contributed by atoms with Gasteiger partial charge in [0.15, 0.2) is 0 Å². The lowest BCUT2D eigenvalue weighted by Gasteiger charge is -2.42. The van der Waals surface area contributed by atoms with Gasteiger partial charge in [-0.2, -0.15) is 13.2 Å². The van der Waals surface area contributed by atoms with Crippen molar-refractivity contribution in [2.75, 3.05) is 23.3 Å². The highest BCUT2D eigenvalue weighted by Crippen LogP contribution is 2.35. The molecule has 1 amide bonds. The Morgan fingerprint density at radius 1 is 1.00 bits per heavy atom. The number of pyridine rings is 1. The van der Waals surface area contributed by atoms with Crippen LogP contribution in [0.25, 0.3) is 0 Å². The van der Waals surface area contributed by atoms with Crippen LogP contribution in [0.15, 0.2) is 54.7 Å². The molecule has 2 atom stereocenters. The molecule has 1 N–H and O–H groups in total. The standard InChI is InChI=1S/C26H27F3N6O2/c1-17(36)34-14-21-7-8-22(15-34)35(21)20-5-2-18(3-6-20)12-31-24-10-11-25(33-32-24)37-16-19-4-9-23(30-13-19)26(27,28)29/h2-6,9-11,13,21-22H,7-8,12,14-16H2,1H3,(H,31,32). The van der Waals surface area contributed by atoms with Gasteiger partial charge in [-0.15, -0.1) is 10.2 Å². The largest absolute Gasteiger partial charge is 0.472 e. The van der Waals surface area contributed by atoms with Crippen molar-refractivity contribution in [2.24, 2.45) is 0 Å². The summed E-state index contributed by atoms with van der Waals surface area (Å²) in [5, 5.41) is 11.3. The third-order valence-corrected chi connectivity index (χ3v) is 6.78. The van der Waals surface area contributed by atoms with Crippen molar-refractivity contribution in [3.8, 4) is 5.88 Å². The number of hydrogen-bond acceptors (Lipinski definition) is 7. The maximum Gasteiger partial charge on any atom is 0.433 e. The van der Waals surface area contributed by atoms with Crippen LogP contribution in [0.4, 0.5) is 24.7 Å². The van der Waals surface area contributed by atoms with Crippen molar-refractivity contribution in [1.29, 1.82) is 0 Å². The number of aromatic nitrogens is 3. The fourth-order valence-corrected chi connectivity index (χ4v) is 4.89. The molecule has 0 aliphatic carbocycles. The van der Waals surface area contributed by atoms with Crippen LogP contribution in [0, 0.1) is 0 Å². The summed E-state index contributed by atoms with van der Waals surface area (Å²) in [6.07, 6.45) is -1.12. The second-order valence-corrected chi connectivity index (χ2v) is 9.33. The van der Waals surface area contributed by atoms with Crippen LogP contribution < -0.4 is 15.0 Å². The molecule has 0 spiro atoms. The van der Waals surface area contributed by atoms with Crippen LogP contribution in [0.2, 0.25) is 0 Å². The molecule has 1 aromatic carbocycles. The maximum atomic E-state index is 12.6. The molecular formula is C26H27F3N6O2. The molecule has 194 valence electrons. The number of alkyl halides is 3. The summed E-state index contributed by atoms with van der Waals surface area (Å²) in [4.78, 5) is 19.6. The fourth-order valence-electron chi connectivity index (χ4n) is 4.89. The molecule has 2 fully saturated rings. The van der Waals surface area contributed by atoms with Gasteiger partial charge in [0.2, 0.25) is 11.8 Å². The van der Waals surface area contributed by atoms with Crippen LogP contribution in [0.5, 0.6) is 5.88 Å². The number of benzene rings is 1. The average molecular weight is 513 g/mol. The van der Waals surface area contributed by atoms with Gasteiger partial charge in [-0.25, -0.2) is 0 Å². The smallest absolute Gasteiger partial charge is 0.433 e. The number of likely N-dealkylation sites (tertiary alicyclic amines) is 1. The Kier molecular flexibility index (Phi) is 6.86. The molecule has 8 nitrogen and oxygen atoms in total. The third kappa shape index (κ3) is 5.76. The van der Waals surface area contributed by atoms with Gasteiger partial charge in [-0.1, -0.05) is 18.2 Å². The summed E-state index contributed by atoms with van der Waals surface area (Å²) in [7, 11) is 0. The Bertz CT molecular complexity index is 1210. The van der Waals surface area contributed by atoms with Gasteiger partial charge in [-0.3, -0.25) is 9.78 Å². The number of carbonyl (C=O) groups is 1. The van der Waals surface area contributed by atoms with Gasteiger partial charge >= 0.3 is 6.18 Å². The van der Waals surface area contributed by atoms with Gasteiger partial charge in [0.1, 0.15) is 18.1 Å². The topological polar surface area (TPSA) is 83.5 Å². The van der Waals surface area contributed by atoms with E-state index in [0.29, 0.717) is 30.0 Å². The van der Waals surface area contributed by atoms with Crippen molar-refractivity contribution >= 4 is 17.4 Å². The fraction of sp³-hybridized carbons (Fsp3) is 0.385. The van der Waals surface area contributed by atoms with Crippen molar-refractivity contribution < 1.29 is 22.7 Å². The molecule has 2 aliphatic rings. The lowest BCUT2D eigenvalue weighted by Crippen LogP contribution is -2.55. The molecular weight excluding hydrogens is 485 g/mol. The zero-order chi connectivity index (χ0) is 26.0. The van der Waals surface area contributed by atoms with E-state index in [1.54, 1.807) is 19.1 Å². The average Bonchev–Trinajstić information content (AvgIpc) is 3.15. The van der Waals surface area contributed by atoms with E-state index < -0.39 is 11.9 Å². The normalized spacial score (nSPS) is 19.1. The number of carbonyl (C=O) groups excluding carboxylic acids is 1. The molecule has 5 rings (SSSR count). The Labute approximate surface area is 212 Å². The first-order valence-electron chi connectivity index (χ1n) is 12.1. The van der Waals surface area contributed by atoms with E-state index in [2.05, 4.69) is 49.7 Å². The molecule has 2 aromatic heterocycles. The van der Waals surface area contributed by atoms with Crippen LogP contribution in [-0.4, -0.2) is 51.2 Å². The van der Waals surface area contributed by atoms with Crippen LogP contribution >= 0.6 is 0 Å². The van der Waals surface area contributed by atoms with Crippen molar-refractivity contribution in [1.82, 2.24) is 20.1 Å². The zero-order valence-electron chi connectivity index (χ0n) is 20.3. The van der Waals surface area contributed by atoms with E-state index in [4.69, 9.17) is 4.74 Å². The number of ether oxygens (including phenoxy) is 1. The SMILES string of the molecule is CC(=O)N1CC2CCC(C1)N2c1ccc(CNc2ccc(OCc3ccc(C(F)(F)F)nc3)nn2)cc1. The quantitative estimate of drug-likeness (QED) is 0.506. The highest BCUT2D eigenvalue weighted by atomic mass is 19.4. The Morgan fingerprint density at radius 2 is 1.70 bits per heavy atom. The first-order valence-corrected chi connectivity index (χ1v) is 12.1. The Hall–Kier alpha value is -3.89. The number of amides is 1. The Morgan fingerprint density at radius 3 is 2.27 bits per heavy atom. The van der Waals surface area contributed by atoms with Crippen LogP contribution in [-0.2, 0) is 24.1 Å². The minimum Gasteiger partial charge on any atom is -0.472 e. The van der Waals surface area contributed by atoms with Crippen LogP contribution in [0.3, 0.4) is 0 Å². The van der Waals surface area contributed by atoms with Crippen LogP contribution in [0.1, 0.15) is 36.6 Å². The van der Waals surface area contributed by atoms with E-state index >= 15 is 0 Å². The summed E-state index contributed by atoms with van der Waals surface area (Å²) in [6.45, 7) is 3.81. The van der Waals surface area contributed by atoms with E-state index in [9.17, 15) is 18.0 Å². The lowest BCUT2D eigenvalue weighted by atomic mass is 10.1. The molecule has 2 bridgehead atoms. The summed E-state index contributed by atoms with van der Waals surface area (Å²) in [5.74, 6) is 0.984. The lowest BCUT2D eigenvalue weighted by molar-refractivity contribution is -0.141. The van der Waals surface area contributed by atoms with E-state index in [-0.39, 0.29) is 18.4 Å². The molecule has 37 heavy (non-hydrogen) atoms.